The largest absolute Gasteiger partial charge is 0.478 e. The third-order valence-corrected chi connectivity index (χ3v) is 4.89. The minimum atomic E-state index is -1.28. The first kappa shape index (κ1) is 14.5. The molecule has 0 spiro atoms. The maximum absolute atomic E-state index is 12.5. The molecule has 2 aromatic rings. The molecule has 2 aromatic carbocycles. The van der Waals surface area contributed by atoms with Gasteiger partial charge in [-0.05, 0) is 37.1 Å². The molecule has 0 aliphatic heterocycles. The van der Waals surface area contributed by atoms with E-state index in [1.165, 1.54) is 6.07 Å². The van der Waals surface area contributed by atoms with Crippen LogP contribution in [0.25, 0.3) is 0 Å². The summed E-state index contributed by atoms with van der Waals surface area (Å²) < 4.78 is 12.5. The lowest BCUT2D eigenvalue weighted by atomic mass is 10.1. The smallest absolute Gasteiger partial charge is 0.335 e. The molecule has 0 amide bonds. The van der Waals surface area contributed by atoms with Gasteiger partial charge in [0, 0.05) is 4.90 Å². The summed E-state index contributed by atoms with van der Waals surface area (Å²) in [5, 5.41) is 8.95. The second-order valence-electron chi connectivity index (χ2n) is 4.63. The van der Waals surface area contributed by atoms with Gasteiger partial charge in [0.05, 0.1) is 21.6 Å². The van der Waals surface area contributed by atoms with E-state index in [-0.39, 0.29) is 10.8 Å². The van der Waals surface area contributed by atoms with Crippen LogP contribution in [0.4, 0.5) is 0 Å². The molecule has 0 bridgehead atoms. The van der Waals surface area contributed by atoms with Crippen molar-refractivity contribution in [2.75, 3.05) is 0 Å². The van der Waals surface area contributed by atoms with Gasteiger partial charge in [-0.1, -0.05) is 36.4 Å². The molecule has 2 rings (SSSR count). The first-order valence-corrected chi connectivity index (χ1v) is 7.51. The van der Waals surface area contributed by atoms with Crippen molar-refractivity contribution in [1.82, 2.24) is 0 Å². The first-order valence-electron chi connectivity index (χ1n) is 6.30. The van der Waals surface area contributed by atoms with Crippen molar-refractivity contribution in [3.8, 4) is 0 Å². The van der Waals surface area contributed by atoms with E-state index in [0.717, 1.165) is 5.56 Å². The summed E-state index contributed by atoms with van der Waals surface area (Å²) in [6.45, 7) is 3.61. The molecule has 2 unspecified atom stereocenters. The average molecular weight is 288 g/mol. The van der Waals surface area contributed by atoms with Gasteiger partial charge in [0.15, 0.2) is 0 Å². The van der Waals surface area contributed by atoms with Crippen LogP contribution >= 0.6 is 0 Å². The van der Waals surface area contributed by atoms with Gasteiger partial charge in [-0.2, -0.15) is 0 Å². The Morgan fingerprint density at radius 3 is 2.40 bits per heavy atom. The van der Waals surface area contributed by atoms with Gasteiger partial charge in [-0.15, -0.1) is 0 Å². The van der Waals surface area contributed by atoms with Gasteiger partial charge in [-0.3, -0.25) is 4.21 Å². The minimum Gasteiger partial charge on any atom is -0.478 e. The highest BCUT2D eigenvalue weighted by molar-refractivity contribution is 7.85. The van der Waals surface area contributed by atoms with Crippen LogP contribution < -0.4 is 0 Å². The van der Waals surface area contributed by atoms with Crippen LogP contribution in [-0.2, 0) is 10.8 Å². The maximum Gasteiger partial charge on any atom is 0.335 e. The highest BCUT2D eigenvalue weighted by Crippen LogP contribution is 2.25. The van der Waals surface area contributed by atoms with Crippen molar-refractivity contribution in [3.63, 3.8) is 0 Å². The Bertz CT molecular complexity index is 650. The molecule has 0 heterocycles. The van der Waals surface area contributed by atoms with Crippen molar-refractivity contribution in [3.05, 3.63) is 65.2 Å². The van der Waals surface area contributed by atoms with Crippen molar-refractivity contribution >= 4 is 16.8 Å². The molecule has 1 N–H and O–H groups in total. The molecule has 0 aliphatic carbocycles. The Balaban J connectivity index is 2.34. The topological polar surface area (TPSA) is 54.4 Å². The van der Waals surface area contributed by atoms with Crippen LogP contribution in [0, 0.1) is 6.92 Å². The normalized spacial score (nSPS) is 13.7. The van der Waals surface area contributed by atoms with E-state index >= 15 is 0 Å². The summed E-state index contributed by atoms with van der Waals surface area (Å²) in [7, 11) is -1.28. The second-order valence-corrected chi connectivity index (χ2v) is 6.41. The fourth-order valence-corrected chi connectivity index (χ4v) is 3.26. The molecule has 104 valence electrons. The number of carboxylic acid groups (broad SMARTS) is 1. The second kappa shape index (κ2) is 6.01. The predicted molar refractivity (Wildman–Crippen MR) is 79.4 cm³/mol. The van der Waals surface area contributed by atoms with Crippen molar-refractivity contribution < 1.29 is 14.1 Å². The fourth-order valence-electron chi connectivity index (χ4n) is 2.01. The van der Waals surface area contributed by atoms with Crippen molar-refractivity contribution in [2.24, 2.45) is 0 Å². The summed E-state index contributed by atoms with van der Waals surface area (Å²) in [4.78, 5) is 11.7. The molecule has 4 heteroatoms. The van der Waals surface area contributed by atoms with Gasteiger partial charge in [0.25, 0.3) is 0 Å². The minimum absolute atomic E-state index is 0.180. The van der Waals surface area contributed by atoms with Crippen LogP contribution in [0.15, 0.2) is 53.4 Å². The van der Waals surface area contributed by atoms with Crippen LogP contribution in [-0.4, -0.2) is 15.3 Å². The Hall–Kier alpha value is -1.94. The lowest BCUT2D eigenvalue weighted by molar-refractivity contribution is 0.0696. The van der Waals surface area contributed by atoms with Gasteiger partial charge in [-0.25, -0.2) is 4.79 Å². The molecule has 0 aromatic heterocycles. The first-order chi connectivity index (χ1) is 9.50. The van der Waals surface area contributed by atoms with Gasteiger partial charge < -0.3 is 5.11 Å². The van der Waals surface area contributed by atoms with Crippen LogP contribution in [0.1, 0.15) is 33.7 Å². The molecule has 0 fully saturated rings. The van der Waals surface area contributed by atoms with Crippen LogP contribution in [0.5, 0.6) is 0 Å². The zero-order valence-corrected chi connectivity index (χ0v) is 12.2. The van der Waals surface area contributed by atoms with E-state index in [4.69, 9.17) is 5.11 Å². The van der Waals surface area contributed by atoms with E-state index in [1.807, 2.05) is 37.3 Å². The molecule has 0 radical (unpaired) electrons. The standard InChI is InChI=1S/C16H16O3S/c1-11-8-9-14(10-15(11)16(17)18)20(19)12(2)13-6-4-3-5-7-13/h3-10,12H,1-2H3,(H,17,18). The Labute approximate surface area is 120 Å². The molecule has 0 saturated heterocycles. The number of rotatable bonds is 4. The zero-order valence-electron chi connectivity index (χ0n) is 11.4. The predicted octanol–water partition coefficient (Wildman–Crippen LogP) is 3.56. The number of benzene rings is 2. The SMILES string of the molecule is Cc1ccc(S(=O)C(C)c2ccccc2)cc1C(=O)O. The number of hydrogen-bond acceptors (Lipinski definition) is 2. The summed E-state index contributed by atoms with van der Waals surface area (Å²) in [6, 6.07) is 14.5. The van der Waals surface area contributed by atoms with Gasteiger partial charge in [0.1, 0.15) is 0 Å². The van der Waals surface area contributed by atoms with Crippen LogP contribution in [0.3, 0.4) is 0 Å². The Kier molecular flexibility index (Phi) is 4.35. The number of aryl methyl sites for hydroxylation is 1. The van der Waals surface area contributed by atoms with Gasteiger partial charge in [0.2, 0.25) is 0 Å². The monoisotopic (exact) mass is 288 g/mol. The molecule has 0 saturated carbocycles. The molecular formula is C16H16O3S. The summed E-state index contributed by atoms with van der Waals surface area (Å²) >= 11 is 0. The molecule has 2 atom stereocenters. The van der Waals surface area contributed by atoms with E-state index in [2.05, 4.69) is 0 Å². The summed E-state index contributed by atoms with van der Waals surface area (Å²) in [5.41, 5.74) is 1.85. The molecular weight excluding hydrogens is 272 g/mol. The van der Waals surface area contributed by atoms with E-state index in [1.54, 1.807) is 19.1 Å². The third kappa shape index (κ3) is 2.96. The number of carbonyl (C=O) groups is 1. The Morgan fingerprint density at radius 2 is 1.80 bits per heavy atom. The lowest BCUT2D eigenvalue weighted by Gasteiger charge is -2.13. The fraction of sp³-hybridized carbons (Fsp3) is 0.188. The van der Waals surface area contributed by atoms with E-state index < -0.39 is 16.8 Å². The average Bonchev–Trinajstić information content (AvgIpc) is 2.47. The quantitative estimate of drug-likeness (QED) is 0.936. The zero-order chi connectivity index (χ0) is 14.7. The van der Waals surface area contributed by atoms with Crippen molar-refractivity contribution in [2.45, 2.75) is 24.0 Å². The third-order valence-electron chi connectivity index (χ3n) is 3.26. The number of aromatic carboxylic acids is 1. The highest BCUT2D eigenvalue weighted by Gasteiger charge is 2.17. The molecule has 20 heavy (non-hydrogen) atoms. The number of hydrogen-bond donors (Lipinski definition) is 1. The number of carboxylic acids is 1. The maximum atomic E-state index is 12.5. The lowest BCUT2D eigenvalue weighted by Crippen LogP contribution is -2.06. The molecule has 3 nitrogen and oxygen atoms in total. The van der Waals surface area contributed by atoms with Crippen LogP contribution in [0.2, 0.25) is 0 Å². The van der Waals surface area contributed by atoms with Crippen molar-refractivity contribution in [1.29, 1.82) is 0 Å². The molecule has 0 aliphatic rings. The summed E-state index contributed by atoms with van der Waals surface area (Å²) in [6.07, 6.45) is 0. The Morgan fingerprint density at radius 1 is 1.15 bits per heavy atom. The van der Waals surface area contributed by atoms with Gasteiger partial charge >= 0.3 is 5.97 Å². The van der Waals surface area contributed by atoms with E-state index in [0.29, 0.717) is 10.5 Å². The highest BCUT2D eigenvalue weighted by atomic mass is 32.2. The summed E-state index contributed by atoms with van der Waals surface area (Å²) in [5.74, 6) is -0.992. The van der Waals surface area contributed by atoms with E-state index in [9.17, 15) is 9.00 Å².